The summed E-state index contributed by atoms with van der Waals surface area (Å²) in [5.74, 6) is -1.05. The molecular formula is C19H23FN2O3S. The second-order valence-electron chi connectivity index (χ2n) is 6.59. The number of aliphatic carboxylic acids is 1. The van der Waals surface area contributed by atoms with E-state index in [1.54, 1.807) is 35.4 Å². The topological polar surface area (TPSA) is 53.0 Å². The van der Waals surface area contributed by atoms with Crippen LogP contribution in [0.25, 0.3) is 10.4 Å². The van der Waals surface area contributed by atoms with Gasteiger partial charge in [-0.15, -0.1) is 11.3 Å². The molecule has 140 valence electrons. The van der Waals surface area contributed by atoms with E-state index in [0.717, 1.165) is 30.1 Å². The van der Waals surface area contributed by atoms with Crippen LogP contribution in [0.1, 0.15) is 4.88 Å². The molecule has 1 aliphatic rings. The number of carboxylic acid groups (broad SMARTS) is 1. The molecule has 2 heterocycles. The summed E-state index contributed by atoms with van der Waals surface area (Å²) in [6, 6.07) is 10.8. The number of likely N-dealkylation sites (N-methyl/N-ethyl adjacent to an activating group) is 1. The summed E-state index contributed by atoms with van der Waals surface area (Å²) in [6.07, 6.45) is 0.00996. The molecule has 5 nitrogen and oxygen atoms in total. The van der Waals surface area contributed by atoms with Gasteiger partial charge in [0.05, 0.1) is 19.3 Å². The molecule has 26 heavy (non-hydrogen) atoms. The van der Waals surface area contributed by atoms with E-state index in [1.807, 2.05) is 12.1 Å². The van der Waals surface area contributed by atoms with Crippen molar-refractivity contribution in [2.24, 2.45) is 0 Å². The van der Waals surface area contributed by atoms with Gasteiger partial charge in [-0.05, 0) is 36.9 Å². The molecule has 1 aromatic carbocycles. The van der Waals surface area contributed by atoms with E-state index in [2.05, 4.69) is 11.0 Å². The molecule has 1 N–H and O–H groups in total. The minimum atomic E-state index is -0.830. The molecule has 1 aliphatic heterocycles. The van der Waals surface area contributed by atoms with Gasteiger partial charge >= 0.3 is 5.97 Å². The van der Waals surface area contributed by atoms with Crippen LogP contribution in [0.3, 0.4) is 0 Å². The van der Waals surface area contributed by atoms with Gasteiger partial charge in [0.25, 0.3) is 0 Å². The van der Waals surface area contributed by atoms with Crippen LogP contribution in [0.15, 0.2) is 36.4 Å². The first-order valence-electron chi connectivity index (χ1n) is 8.58. The van der Waals surface area contributed by atoms with Crippen LogP contribution in [-0.2, 0) is 16.1 Å². The maximum atomic E-state index is 13.4. The number of carboxylic acids is 1. The highest BCUT2D eigenvalue weighted by molar-refractivity contribution is 7.15. The van der Waals surface area contributed by atoms with Crippen LogP contribution in [0.5, 0.6) is 0 Å². The lowest BCUT2D eigenvalue weighted by molar-refractivity contribution is -0.138. The zero-order chi connectivity index (χ0) is 18.5. The fourth-order valence-electron chi connectivity index (χ4n) is 3.16. The maximum absolute atomic E-state index is 13.4. The van der Waals surface area contributed by atoms with Crippen molar-refractivity contribution in [3.63, 3.8) is 0 Å². The molecule has 3 rings (SSSR count). The molecule has 1 atom stereocenters. The van der Waals surface area contributed by atoms with Crippen molar-refractivity contribution in [3.8, 4) is 10.4 Å². The third-order valence-electron chi connectivity index (χ3n) is 4.29. The van der Waals surface area contributed by atoms with Gasteiger partial charge in [0, 0.05) is 35.9 Å². The van der Waals surface area contributed by atoms with E-state index < -0.39 is 5.97 Å². The normalized spacial score (nSPS) is 18.3. The Morgan fingerprint density at radius 3 is 3.04 bits per heavy atom. The number of ether oxygens (including phenoxy) is 1. The summed E-state index contributed by atoms with van der Waals surface area (Å²) in [6.45, 7) is 3.71. The number of thiophene rings is 1. The predicted octanol–water partition coefficient (Wildman–Crippen LogP) is 2.77. The van der Waals surface area contributed by atoms with Crippen molar-refractivity contribution in [2.45, 2.75) is 12.6 Å². The van der Waals surface area contributed by atoms with Crippen molar-refractivity contribution in [1.29, 1.82) is 0 Å². The van der Waals surface area contributed by atoms with E-state index in [1.165, 1.54) is 10.9 Å². The summed E-state index contributed by atoms with van der Waals surface area (Å²) in [5, 5.41) is 8.86. The van der Waals surface area contributed by atoms with Gasteiger partial charge in [-0.2, -0.15) is 0 Å². The maximum Gasteiger partial charge on any atom is 0.317 e. The fraction of sp³-hybridized carbons (Fsp3) is 0.421. The Morgan fingerprint density at radius 1 is 1.42 bits per heavy atom. The summed E-state index contributed by atoms with van der Waals surface area (Å²) in [5.41, 5.74) is 0.899. The standard InChI is InChI=1S/C19H23FN2O3S/c1-21(13-19(23)24)10-16-11-22(7-8-25-16)12-17-5-6-18(26-17)14-3-2-4-15(20)9-14/h2-6,9,16H,7-8,10-13H2,1H3,(H,23,24). The van der Waals surface area contributed by atoms with E-state index >= 15 is 0 Å². The highest BCUT2D eigenvalue weighted by atomic mass is 32.1. The first kappa shape index (κ1) is 19.0. The van der Waals surface area contributed by atoms with Crippen LogP contribution in [-0.4, -0.2) is 66.8 Å². The van der Waals surface area contributed by atoms with Gasteiger partial charge < -0.3 is 9.84 Å². The minimum Gasteiger partial charge on any atom is -0.480 e. The van der Waals surface area contributed by atoms with Crippen LogP contribution in [0.4, 0.5) is 4.39 Å². The third-order valence-corrected chi connectivity index (χ3v) is 5.41. The zero-order valence-corrected chi connectivity index (χ0v) is 15.5. The molecule has 1 unspecified atom stereocenters. The lowest BCUT2D eigenvalue weighted by Gasteiger charge is -2.34. The second kappa shape index (κ2) is 8.73. The summed E-state index contributed by atoms with van der Waals surface area (Å²) < 4.78 is 19.2. The molecule has 1 saturated heterocycles. The summed E-state index contributed by atoms with van der Waals surface area (Å²) in [7, 11) is 1.79. The van der Waals surface area contributed by atoms with Crippen LogP contribution in [0.2, 0.25) is 0 Å². The van der Waals surface area contributed by atoms with E-state index in [9.17, 15) is 9.18 Å². The SMILES string of the molecule is CN(CC(=O)O)CC1CN(Cc2ccc(-c3cccc(F)c3)s2)CCO1. The van der Waals surface area contributed by atoms with Crippen LogP contribution in [0, 0.1) is 5.82 Å². The highest BCUT2D eigenvalue weighted by Crippen LogP contribution is 2.29. The Hall–Kier alpha value is -1.80. The molecule has 7 heteroatoms. The summed E-state index contributed by atoms with van der Waals surface area (Å²) >= 11 is 1.67. The van der Waals surface area contributed by atoms with Crippen molar-refractivity contribution < 1.29 is 19.0 Å². The number of hydrogen-bond acceptors (Lipinski definition) is 5. The molecule has 0 spiro atoms. The number of nitrogens with zero attached hydrogens (tertiary/aromatic N) is 2. The Morgan fingerprint density at radius 2 is 2.27 bits per heavy atom. The zero-order valence-electron chi connectivity index (χ0n) is 14.7. The van der Waals surface area contributed by atoms with Gasteiger partial charge in [0.2, 0.25) is 0 Å². The predicted molar refractivity (Wildman–Crippen MR) is 99.9 cm³/mol. The van der Waals surface area contributed by atoms with Gasteiger partial charge in [-0.3, -0.25) is 14.6 Å². The lowest BCUT2D eigenvalue weighted by Crippen LogP contribution is -2.47. The molecular weight excluding hydrogens is 355 g/mol. The molecule has 0 aliphatic carbocycles. The van der Waals surface area contributed by atoms with Crippen LogP contribution >= 0.6 is 11.3 Å². The number of halogens is 1. The van der Waals surface area contributed by atoms with Crippen molar-refractivity contribution in [1.82, 2.24) is 9.80 Å². The van der Waals surface area contributed by atoms with Crippen LogP contribution < -0.4 is 0 Å². The number of carbonyl (C=O) groups is 1. The van der Waals surface area contributed by atoms with Crippen molar-refractivity contribution in [3.05, 3.63) is 47.1 Å². The van der Waals surface area contributed by atoms with E-state index in [0.29, 0.717) is 13.2 Å². The van der Waals surface area contributed by atoms with E-state index in [4.69, 9.17) is 9.84 Å². The van der Waals surface area contributed by atoms with Crippen molar-refractivity contribution in [2.75, 3.05) is 39.8 Å². The molecule has 0 amide bonds. The number of morpholine rings is 1. The van der Waals surface area contributed by atoms with Gasteiger partial charge in [-0.1, -0.05) is 12.1 Å². The Balaban J connectivity index is 1.56. The minimum absolute atomic E-state index is 0.00996. The fourth-order valence-corrected chi connectivity index (χ4v) is 4.20. The molecule has 1 aromatic heterocycles. The highest BCUT2D eigenvalue weighted by Gasteiger charge is 2.22. The number of benzene rings is 1. The average molecular weight is 378 g/mol. The molecule has 0 radical (unpaired) electrons. The first-order chi connectivity index (χ1) is 12.5. The third kappa shape index (κ3) is 5.35. The first-order valence-corrected chi connectivity index (χ1v) is 9.40. The molecule has 1 fully saturated rings. The molecule has 2 aromatic rings. The average Bonchev–Trinajstić information content (AvgIpc) is 3.03. The van der Waals surface area contributed by atoms with Gasteiger partial charge in [0.1, 0.15) is 5.82 Å². The quantitative estimate of drug-likeness (QED) is 0.803. The lowest BCUT2D eigenvalue weighted by atomic mass is 10.2. The Bertz CT molecular complexity index is 752. The van der Waals surface area contributed by atoms with Gasteiger partial charge in [-0.25, -0.2) is 4.39 Å². The number of rotatable bonds is 7. The molecule has 0 saturated carbocycles. The largest absolute Gasteiger partial charge is 0.480 e. The summed E-state index contributed by atoms with van der Waals surface area (Å²) in [4.78, 5) is 17.2. The second-order valence-corrected chi connectivity index (χ2v) is 7.76. The van der Waals surface area contributed by atoms with Crippen molar-refractivity contribution >= 4 is 17.3 Å². The molecule has 0 bridgehead atoms. The van der Waals surface area contributed by atoms with Gasteiger partial charge in [0.15, 0.2) is 0 Å². The number of hydrogen-bond donors (Lipinski definition) is 1. The Labute approximate surface area is 156 Å². The van der Waals surface area contributed by atoms with E-state index in [-0.39, 0.29) is 18.5 Å². The monoisotopic (exact) mass is 378 g/mol. The Kier molecular flexibility index (Phi) is 6.37. The smallest absolute Gasteiger partial charge is 0.317 e.